The predicted molar refractivity (Wildman–Crippen MR) is 69.2 cm³/mol. The van der Waals surface area contributed by atoms with Gasteiger partial charge in [0.05, 0.1) is 6.54 Å². The van der Waals surface area contributed by atoms with E-state index in [-0.39, 0.29) is 23.8 Å². The summed E-state index contributed by atoms with van der Waals surface area (Å²) in [7, 11) is 0. The highest BCUT2D eigenvalue weighted by Gasteiger charge is 2.29. The summed E-state index contributed by atoms with van der Waals surface area (Å²) in [6.07, 6.45) is -0.0163. The highest BCUT2D eigenvalue weighted by Crippen LogP contribution is 2.29. The normalized spacial score (nSPS) is 14.2. The molecule has 1 N–H and O–H groups in total. The van der Waals surface area contributed by atoms with E-state index in [0.29, 0.717) is 6.42 Å². The zero-order chi connectivity index (χ0) is 14.7. The lowest BCUT2D eigenvalue weighted by molar-refractivity contribution is -0.129. The maximum absolute atomic E-state index is 11.7. The number of aromatic carboxylic acids is 1. The molecular weight excluding hydrogens is 286 g/mol. The molecule has 2 rings (SSSR count). The number of imide groups is 1. The lowest BCUT2D eigenvalue weighted by atomic mass is 10.3. The van der Waals surface area contributed by atoms with Gasteiger partial charge in [-0.15, -0.1) is 11.3 Å². The first kappa shape index (κ1) is 14.3. The summed E-state index contributed by atoms with van der Waals surface area (Å²) in [5.41, 5.74) is 0. The molecule has 20 heavy (non-hydrogen) atoms. The smallest absolute Gasteiger partial charge is 0.416 e. The molecule has 2 heterocycles. The van der Waals surface area contributed by atoms with Crippen LogP contribution in [0.5, 0.6) is 5.75 Å². The summed E-state index contributed by atoms with van der Waals surface area (Å²) in [6.45, 7) is 1.86. The molecule has 108 valence electrons. The minimum atomic E-state index is -1.10. The molecule has 1 aromatic heterocycles. The molecule has 1 saturated heterocycles. The number of amides is 2. The van der Waals surface area contributed by atoms with Crippen LogP contribution >= 0.6 is 11.3 Å². The molecule has 2 amide bonds. The Labute approximate surface area is 118 Å². The Morgan fingerprint density at radius 1 is 1.55 bits per heavy atom. The van der Waals surface area contributed by atoms with E-state index in [1.54, 1.807) is 6.07 Å². The van der Waals surface area contributed by atoms with Gasteiger partial charge in [0.1, 0.15) is 12.4 Å². The van der Waals surface area contributed by atoms with Crippen molar-refractivity contribution in [2.45, 2.75) is 13.3 Å². The molecular formula is C12H13NO6S. The second-order valence-electron chi connectivity index (χ2n) is 4.01. The Balaban J connectivity index is 2.03. The highest BCUT2D eigenvalue weighted by molar-refractivity contribution is 7.14. The van der Waals surface area contributed by atoms with Crippen molar-refractivity contribution in [1.82, 2.24) is 4.90 Å². The number of aryl methyl sites for hydroxylation is 1. The minimum absolute atomic E-state index is 0.0543. The van der Waals surface area contributed by atoms with E-state index in [0.717, 1.165) is 21.1 Å². The summed E-state index contributed by atoms with van der Waals surface area (Å²) in [5, 5.41) is 9.05. The number of cyclic esters (lactones) is 1. The molecule has 0 unspecified atom stereocenters. The number of hydrogen-bond acceptors (Lipinski definition) is 6. The van der Waals surface area contributed by atoms with Crippen LogP contribution in [0, 0.1) is 0 Å². The Hall–Kier alpha value is -2.09. The van der Waals surface area contributed by atoms with Crippen LogP contribution in [0.1, 0.15) is 21.5 Å². The molecule has 0 aliphatic carbocycles. The van der Waals surface area contributed by atoms with Gasteiger partial charge in [-0.1, -0.05) is 6.92 Å². The molecule has 0 spiro atoms. The van der Waals surface area contributed by atoms with Crippen molar-refractivity contribution in [2.24, 2.45) is 0 Å². The molecule has 0 atom stereocenters. The third-order valence-electron chi connectivity index (χ3n) is 2.70. The quantitative estimate of drug-likeness (QED) is 0.882. The van der Waals surface area contributed by atoms with Crippen LogP contribution in [0.3, 0.4) is 0 Å². The average molecular weight is 299 g/mol. The van der Waals surface area contributed by atoms with Crippen LogP contribution in [0.2, 0.25) is 0 Å². The van der Waals surface area contributed by atoms with Crippen molar-refractivity contribution in [3.63, 3.8) is 0 Å². The molecule has 1 aliphatic rings. The van der Waals surface area contributed by atoms with Crippen molar-refractivity contribution < 1.29 is 29.0 Å². The van der Waals surface area contributed by atoms with Gasteiger partial charge in [0, 0.05) is 4.88 Å². The molecule has 8 heteroatoms. The van der Waals surface area contributed by atoms with Crippen molar-refractivity contribution in [3.8, 4) is 5.75 Å². The summed E-state index contributed by atoms with van der Waals surface area (Å²) in [4.78, 5) is 35.8. The Bertz CT molecular complexity index is 552. The van der Waals surface area contributed by atoms with Crippen LogP contribution in [0.15, 0.2) is 6.07 Å². The van der Waals surface area contributed by atoms with E-state index in [1.165, 1.54) is 0 Å². The zero-order valence-electron chi connectivity index (χ0n) is 10.7. The van der Waals surface area contributed by atoms with Gasteiger partial charge >= 0.3 is 12.1 Å². The molecule has 0 radical (unpaired) electrons. The van der Waals surface area contributed by atoms with E-state index in [9.17, 15) is 14.4 Å². The number of thiophene rings is 1. The van der Waals surface area contributed by atoms with Crippen LogP contribution in [0.4, 0.5) is 4.79 Å². The van der Waals surface area contributed by atoms with Crippen molar-refractivity contribution in [1.29, 1.82) is 0 Å². The Morgan fingerprint density at radius 2 is 2.30 bits per heavy atom. The number of nitrogens with zero attached hydrogens (tertiary/aromatic N) is 1. The van der Waals surface area contributed by atoms with Crippen LogP contribution in [-0.2, 0) is 16.0 Å². The van der Waals surface area contributed by atoms with E-state index < -0.39 is 24.6 Å². The molecule has 1 aromatic rings. The number of carbonyl (C=O) groups excluding carboxylic acids is 2. The number of hydrogen-bond donors (Lipinski definition) is 1. The van der Waals surface area contributed by atoms with Crippen molar-refractivity contribution >= 4 is 29.3 Å². The Morgan fingerprint density at radius 3 is 2.85 bits per heavy atom. The first-order valence-corrected chi connectivity index (χ1v) is 6.80. The van der Waals surface area contributed by atoms with Gasteiger partial charge in [-0.25, -0.2) is 14.5 Å². The first-order chi connectivity index (χ1) is 9.52. The summed E-state index contributed by atoms with van der Waals surface area (Å²) in [5.74, 6) is -1.49. The molecule has 1 fully saturated rings. The van der Waals surface area contributed by atoms with Gasteiger partial charge in [0.15, 0.2) is 11.5 Å². The van der Waals surface area contributed by atoms with E-state index >= 15 is 0 Å². The second-order valence-corrected chi connectivity index (χ2v) is 5.15. The fourth-order valence-corrected chi connectivity index (χ4v) is 2.57. The van der Waals surface area contributed by atoms with Gasteiger partial charge in [-0.3, -0.25) is 4.79 Å². The maximum Gasteiger partial charge on any atom is 0.416 e. The molecule has 1 aliphatic heterocycles. The van der Waals surface area contributed by atoms with Gasteiger partial charge in [-0.05, 0) is 12.5 Å². The van der Waals surface area contributed by atoms with Crippen LogP contribution in [0.25, 0.3) is 0 Å². The summed E-state index contributed by atoms with van der Waals surface area (Å²) in [6, 6.07) is 1.60. The van der Waals surface area contributed by atoms with Crippen LogP contribution < -0.4 is 4.74 Å². The van der Waals surface area contributed by atoms with Crippen molar-refractivity contribution in [2.75, 3.05) is 19.8 Å². The fourth-order valence-electron chi connectivity index (χ4n) is 1.69. The predicted octanol–water partition coefficient (Wildman–Crippen LogP) is 1.37. The molecule has 0 aromatic carbocycles. The van der Waals surface area contributed by atoms with E-state index in [4.69, 9.17) is 9.84 Å². The highest BCUT2D eigenvalue weighted by atomic mass is 32.1. The topological polar surface area (TPSA) is 93.1 Å². The monoisotopic (exact) mass is 299 g/mol. The Kier molecular flexibility index (Phi) is 4.23. The maximum atomic E-state index is 11.7. The van der Waals surface area contributed by atoms with Gasteiger partial charge in [0.25, 0.3) is 5.91 Å². The largest absolute Gasteiger partial charge is 0.482 e. The second kappa shape index (κ2) is 5.91. The number of carbonyl (C=O) groups is 3. The summed E-state index contributed by atoms with van der Waals surface area (Å²) >= 11 is 1.11. The van der Waals surface area contributed by atoms with Gasteiger partial charge in [-0.2, -0.15) is 0 Å². The molecule has 0 bridgehead atoms. The minimum Gasteiger partial charge on any atom is -0.482 e. The first-order valence-electron chi connectivity index (χ1n) is 5.98. The lowest BCUT2D eigenvalue weighted by Gasteiger charge is -2.11. The standard InChI is InChI=1S/C12H13NO6S/c1-2-7-5-8(10(20-7)11(15)16)19-6-9(14)13-3-4-18-12(13)17/h5H,2-4,6H2,1H3,(H,15,16). The number of carboxylic acids is 1. The zero-order valence-corrected chi connectivity index (χ0v) is 11.6. The number of carboxylic acid groups (broad SMARTS) is 1. The third-order valence-corrected chi connectivity index (χ3v) is 3.95. The molecule has 7 nitrogen and oxygen atoms in total. The third kappa shape index (κ3) is 2.90. The van der Waals surface area contributed by atoms with E-state index in [2.05, 4.69) is 4.74 Å². The summed E-state index contributed by atoms with van der Waals surface area (Å²) < 4.78 is 9.87. The van der Waals surface area contributed by atoms with Gasteiger partial charge in [0.2, 0.25) is 0 Å². The SMILES string of the molecule is CCc1cc(OCC(=O)N2CCOC2=O)c(C(=O)O)s1. The van der Waals surface area contributed by atoms with Crippen LogP contribution in [-0.4, -0.2) is 47.7 Å². The lowest BCUT2D eigenvalue weighted by Crippen LogP contribution is -2.35. The van der Waals surface area contributed by atoms with Crippen molar-refractivity contribution in [3.05, 3.63) is 15.8 Å². The number of ether oxygens (including phenoxy) is 2. The average Bonchev–Trinajstić information content (AvgIpc) is 3.01. The molecule has 0 saturated carbocycles. The van der Waals surface area contributed by atoms with Gasteiger partial charge < -0.3 is 14.6 Å². The fraction of sp³-hybridized carbons (Fsp3) is 0.417. The van der Waals surface area contributed by atoms with E-state index in [1.807, 2.05) is 6.92 Å². The number of rotatable bonds is 5.